The summed E-state index contributed by atoms with van der Waals surface area (Å²) >= 11 is 25.2. The normalized spacial score (nSPS) is 30.8. The predicted octanol–water partition coefficient (Wildman–Crippen LogP) is 18.5. The fourth-order valence-electron chi connectivity index (χ4n) is 18.3. The average molecular weight is 1370 g/mol. The van der Waals surface area contributed by atoms with E-state index < -0.39 is 10.8 Å². The summed E-state index contributed by atoms with van der Waals surface area (Å²) in [5, 5.41) is 0. The minimum atomic E-state index is -0.690. The van der Waals surface area contributed by atoms with E-state index in [4.69, 9.17) is 14.2 Å². The molecule has 0 bridgehead atoms. The van der Waals surface area contributed by atoms with Crippen LogP contribution in [0.2, 0.25) is 0 Å². The lowest BCUT2D eigenvalue weighted by molar-refractivity contribution is 0.145. The number of ether oxygens (including phenoxy) is 3. The molecule has 6 aromatic rings. The topological polar surface area (TPSA) is 27.7 Å². The number of rotatable bonds is 3. The van der Waals surface area contributed by atoms with Crippen molar-refractivity contribution in [2.45, 2.75) is 70.3 Å². The molecule has 0 aliphatic heterocycles. The van der Waals surface area contributed by atoms with Crippen LogP contribution in [0.5, 0.6) is 11.5 Å². The fourth-order valence-corrected chi connectivity index (χ4v) is 21.0. The summed E-state index contributed by atoms with van der Waals surface area (Å²) < 4.78 is 23.7. The molecule has 10 aliphatic rings. The van der Waals surface area contributed by atoms with Crippen LogP contribution in [0.25, 0.3) is 27.8 Å². The van der Waals surface area contributed by atoms with Gasteiger partial charge in [-0.2, -0.15) is 0 Å². The molecule has 1 unspecified atom stereocenters. The fraction of sp³-hybridized carbons (Fsp3) is 0.303. The number of benzene rings is 6. The molecule has 3 spiro atoms. The molecule has 374 valence electrons. The molecule has 10 atom stereocenters. The van der Waals surface area contributed by atoms with Crippen LogP contribution in [-0.4, -0.2) is 31.0 Å². The summed E-state index contributed by atoms with van der Waals surface area (Å²) in [5.74, 6) is 3.86. The number of hydrogen-bond acceptors (Lipinski definition) is 3. The Morgan fingerprint density at radius 3 is 1.81 bits per heavy atom. The van der Waals surface area contributed by atoms with Crippen molar-refractivity contribution in [1.82, 2.24) is 0 Å². The van der Waals surface area contributed by atoms with Gasteiger partial charge in [-0.15, -0.1) is 0 Å². The van der Waals surface area contributed by atoms with Crippen molar-refractivity contribution in [3.8, 4) is 22.6 Å². The maximum absolute atomic E-state index is 6.44. The first-order chi connectivity index (χ1) is 36.5. The molecule has 0 aromatic heterocycles. The van der Waals surface area contributed by atoms with Crippen molar-refractivity contribution in [3.63, 3.8) is 0 Å². The average Bonchev–Trinajstić information content (AvgIpc) is 4.29. The standard InChI is InChI=1S/C66H50Br6O3/c1-73-37-10-19-46-55(28-37)64(49-22-31(67)4-13-40(49)41-14-5-32(68)23-50(41)64)61-58(46)62-60(48-21-12-39(75-3)30-57(48)65(62)51-24-33(69)6-15-42(51)43-16-7-34(70)25-52(43)65)63-59(61)47-20-11-38(74-2)29-56(47)66(63)53-26-35(71)8-17-44(53)45-18-9-36(72)27-54(45)66/h4-6,8,10-15,17,19-24,26,28-30,34,36,45,47,54,56,59,63H,7,9,16,18,25,27H2,1-3H3/t34-,36+,45-,47+,54+,56+,59-,63-,65?,66+/m1/s1. The molecule has 0 amide bonds. The molecular formula is C66H50Br6O3. The van der Waals surface area contributed by atoms with Crippen molar-refractivity contribution < 1.29 is 14.2 Å². The van der Waals surface area contributed by atoms with Gasteiger partial charge in [-0.05, 0) is 253 Å². The van der Waals surface area contributed by atoms with E-state index in [9.17, 15) is 0 Å². The summed E-state index contributed by atoms with van der Waals surface area (Å²) in [5.41, 5.74) is 23.8. The van der Waals surface area contributed by atoms with Crippen LogP contribution < -0.4 is 9.47 Å². The highest BCUT2D eigenvalue weighted by Crippen LogP contribution is 2.82. The van der Waals surface area contributed by atoms with Crippen molar-refractivity contribution in [3.05, 3.63) is 223 Å². The van der Waals surface area contributed by atoms with Crippen LogP contribution in [0.1, 0.15) is 100 Å². The van der Waals surface area contributed by atoms with Crippen LogP contribution >= 0.6 is 95.6 Å². The van der Waals surface area contributed by atoms with Crippen LogP contribution in [0.4, 0.5) is 0 Å². The van der Waals surface area contributed by atoms with E-state index in [-0.39, 0.29) is 29.1 Å². The van der Waals surface area contributed by atoms with Crippen molar-refractivity contribution in [1.29, 1.82) is 0 Å². The Morgan fingerprint density at radius 1 is 0.560 bits per heavy atom. The number of allylic oxidation sites excluding steroid dienone is 9. The number of fused-ring (bicyclic) bond motifs is 30. The highest BCUT2D eigenvalue weighted by molar-refractivity contribution is 9.11. The maximum atomic E-state index is 6.44. The smallest absolute Gasteiger partial charge is 0.119 e. The van der Waals surface area contributed by atoms with Gasteiger partial charge in [-0.25, -0.2) is 0 Å². The van der Waals surface area contributed by atoms with Gasteiger partial charge in [0.25, 0.3) is 0 Å². The van der Waals surface area contributed by atoms with Gasteiger partial charge in [-0.3, -0.25) is 0 Å². The Morgan fingerprint density at radius 2 is 1.15 bits per heavy atom. The Hall–Kier alpha value is -3.70. The molecule has 0 saturated heterocycles. The van der Waals surface area contributed by atoms with Gasteiger partial charge in [-0.1, -0.05) is 138 Å². The van der Waals surface area contributed by atoms with E-state index in [1.807, 2.05) is 21.3 Å². The van der Waals surface area contributed by atoms with Crippen molar-refractivity contribution in [2.24, 2.45) is 29.6 Å². The van der Waals surface area contributed by atoms with E-state index >= 15 is 0 Å². The van der Waals surface area contributed by atoms with Gasteiger partial charge < -0.3 is 14.2 Å². The Balaban J connectivity index is 1.16. The summed E-state index contributed by atoms with van der Waals surface area (Å²) in [4.78, 5) is 0.752. The molecule has 0 N–H and O–H groups in total. The monoisotopic (exact) mass is 1360 g/mol. The zero-order valence-corrected chi connectivity index (χ0v) is 51.0. The number of hydrogen-bond donors (Lipinski definition) is 0. The van der Waals surface area contributed by atoms with E-state index in [1.54, 1.807) is 16.7 Å². The van der Waals surface area contributed by atoms with Crippen molar-refractivity contribution in [2.75, 3.05) is 21.3 Å². The van der Waals surface area contributed by atoms with E-state index in [0.29, 0.717) is 21.5 Å². The summed E-state index contributed by atoms with van der Waals surface area (Å²) in [6, 6.07) is 43.2. The number of alkyl halides is 2. The van der Waals surface area contributed by atoms with Gasteiger partial charge in [0, 0.05) is 38.9 Å². The third kappa shape index (κ3) is 5.73. The maximum Gasteiger partial charge on any atom is 0.119 e. The van der Waals surface area contributed by atoms with Gasteiger partial charge >= 0.3 is 0 Å². The zero-order valence-electron chi connectivity index (χ0n) is 41.5. The molecule has 2 saturated carbocycles. The van der Waals surface area contributed by atoms with Crippen LogP contribution in [0.3, 0.4) is 0 Å². The minimum absolute atomic E-state index is 0.0502. The number of methoxy groups -OCH3 is 3. The summed E-state index contributed by atoms with van der Waals surface area (Å²) in [7, 11) is 5.55. The summed E-state index contributed by atoms with van der Waals surface area (Å²) in [6.07, 6.45) is 14.0. The molecule has 10 aliphatic carbocycles. The Kier molecular flexibility index (Phi) is 10.4. The number of halogens is 6. The van der Waals surface area contributed by atoms with Crippen molar-refractivity contribution >= 4 is 112 Å². The molecule has 75 heavy (non-hydrogen) atoms. The predicted molar refractivity (Wildman–Crippen MR) is 322 cm³/mol. The molecule has 2 fully saturated rings. The van der Waals surface area contributed by atoms with Gasteiger partial charge in [0.15, 0.2) is 0 Å². The second kappa shape index (κ2) is 16.4. The van der Waals surface area contributed by atoms with Crippen LogP contribution in [0.15, 0.2) is 168 Å². The lowest BCUT2D eigenvalue weighted by Crippen LogP contribution is -2.47. The summed E-state index contributed by atoms with van der Waals surface area (Å²) in [6.45, 7) is 0. The first kappa shape index (κ1) is 47.3. The molecule has 16 rings (SSSR count). The van der Waals surface area contributed by atoms with Gasteiger partial charge in [0.2, 0.25) is 0 Å². The second-order valence-corrected chi connectivity index (χ2v) is 29.0. The van der Waals surface area contributed by atoms with E-state index in [0.717, 1.165) is 73.7 Å². The molecule has 9 heteroatoms. The molecule has 0 radical (unpaired) electrons. The lowest BCUT2D eigenvalue weighted by atomic mass is 9.52. The van der Waals surface area contributed by atoms with Gasteiger partial charge in [0.1, 0.15) is 17.3 Å². The quantitative estimate of drug-likeness (QED) is 0.165. The highest BCUT2D eigenvalue weighted by Gasteiger charge is 2.75. The molecular weight excluding hydrogens is 1320 g/mol. The third-order valence-corrected chi connectivity index (χ3v) is 23.9. The first-order valence-corrected chi connectivity index (χ1v) is 31.5. The zero-order chi connectivity index (χ0) is 50.8. The van der Waals surface area contributed by atoms with E-state index in [1.165, 1.54) is 83.5 Å². The van der Waals surface area contributed by atoms with E-state index in [2.05, 4.69) is 223 Å². The highest BCUT2D eigenvalue weighted by atomic mass is 79.9. The SMILES string of the molecule is COC1=C[C@H]2[C@H](C=C1)[C@@H]1C3=C(C4=C(c5ccc(OC)cc5C45C4=C(CC[C@@H](Br)C4)c4ccc(Br)cc45)[C@@H]1[C@]21c2cc(Br)ccc2[C@H]2CC[C@H](Br)C[C@@H]21)c1ccc(OC)cc1C31c2cc(Br)ccc2-c2ccc(Br)cc21. The second-order valence-electron chi connectivity index (χ2n) is 22.8. The molecule has 3 nitrogen and oxygen atoms in total. The molecule has 6 aromatic carbocycles. The largest absolute Gasteiger partial charge is 0.497 e. The minimum Gasteiger partial charge on any atom is -0.497 e. The Bertz CT molecular complexity index is 3750. The van der Waals surface area contributed by atoms with Crippen LogP contribution in [-0.2, 0) is 21.0 Å². The van der Waals surface area contributed by atoms with Crippen LogP contribution in [0, 0.1) is 29.6 Å². The Labute approximate surface area is 489 Å². The lowest BCUT2D eigenvalue weighted by Gasteiger charge is -2.50. The third-order valence-electron chi connectivity index (χ3n) is 20.4. The van der Waals surface area contributed by atoms with Gasteiger partial charge in [0.05, 0.1) is 32.2 Å². The molecule has 0 heterocycles. The first-order valence-electron chi connectivity index (χ1n) is 26.5.